The number of anilines is 2. The van der Waals surface area contributed by atoms with Gasteiger partial charge in [-0.15, -0.1) is 0 Å². The fourth-order valence-corrected chi connectivity index (χ4v) is 9.37. The maximum Gasteiger partial charge on any atom is 0.167 e. The van der Waals surface area contributed by atoms with E-state index in [0.717, 1.165) is 61.4 Å². The van der Waals surface area contributed by atoms with Gasteiger partial charge in [0.1, 0.15) is 11.3 Å². The molecule has 2 aliphatic rings. The third kappa shape index (κ3) is 6.13. The van der Waals surface area contributed by atoms with Crippen LogP contribution in [0.2, 0.25) is 0 Å². The zero-order chi connectivity index (χ0) is 41.0. The Hall–Kier alpha value is -8.15. The highest BCUT2D eigenvalue weighted by Gasteiger charge is 2.43. The van der Waals surface area contributed by atoms with Gasteiger partial charge in [0.05, 0.1) is 11.6 Å². The highest BCUT2D eigenvalue weighted by molar-refractivity contribution is 5.97. The zero-order valence-corrected chi connectivity index (χ0v) is 33.6. The fraction of sp³-hybridized carbons (Fsp3) is 0.0351. The van der Waals surface area contributed by atoms with Crippen LogP contribution >= 0.6 is 0 Å². The Bertz CT molecular complexity index is 3290. The van der Waals surface area contributed by atoms with Crippen molar-refractivity contribution in [2.24, 2.45) is 0 Å². The predicted octanol–water partition coefficient (Wildman–Crippen LogP) is 14.3. The minimum atomic E-state index is 0.0600. The van der Waals surface area contributed by atoms with Crippen molar-refractivity contribution in [1.82, 2.24) is 15.0 Å². The number of hydrogen-bond donors (Lipinski definition) is 0. The van der Waals surface area contributed by atoms with E-state index in [1.807, 2.05) is 12.1 Å². The van der Waals surface area contributed by atoms with E-state index in [1.165, 1.54) is 27.9 Å². The molecule has 10 aromatic rings. The highest BCUT2D eigenvalue weighted by Crippen LogP contribution is 2.54. The number of benzene rings is 8. The lowest BCUT2D eigenvalue weighted by molar-refractivity contribution is 0.584. The molecule has 0 saturated carbocycles. The highest BCUT2D eigenvalue weighted by atomic mass is 16.3. The summed E-state index contributed by atoms with van der Waals surface area (Å²) in [6.07, 6.45) is 4.46. The van der Waals surface area contributed by atoms with E-state index >= 15 is 0 Å². The molecule has 0 spiro atoms. The van der Waals surface area contributed by atoms with Gasteiger partial charge in [0.15, 0.2) is 17.5 Å². The quantitative estimate of drug-likeness (QED) is 0.161. The Morgan fingerprint density at radius 2 is 0.935 bits per heavy atom. The Kier molecular flexibility index (Phi) is 8.56. The van der Waals surface area contributed by atoms with Gasteiger partial charge in [-0.1, -0.05) is 182 Å². The molecule has 0 radical (unpaired) electrons. The third-order valence-electron chi connectivity index (χ3n) is 12.3. The summed E-state index contributed by atoms with van der Waals surface area (Å²) < 4.78 is 6.93. The van der Waals surface area contributed by atoms with Crippen LogP contribution in [0.4, 0.5) is 11.4 Å². The molecule has 0 N–H and O–H groups in total. The average molecular weight is 795 g/mol. The molecule has 2 unspecified atom stereocenters. The van der Waals surface area contributed by atoms with E-state index in [9.17, 15) is 0 Å². The summed E-state index contributed by atoms with van der Waals surface area (Å²) >= 11 is 0. The summed E-state index contributed by atoms with van der Waals surface area (Å²) in [7, 11) is 0. The SMILES string of the molecule is C1=CC2C(c3ccccc3N2c2ccc(-c3ccccc3)cc2)c2c1oc1c(-c3nc(-c4ccc(-c5ccccc5)cc4)nc(-c4cccc(-c5ccccc5)c4)n3)cccc21. The molecule has 5 heteroatoms. The van der Waals surface area contributed by atoms with E-state index in [0.29, 0.717) is 17.5 Å². The first-order valence-corrected chi connectivity index (χ1v) is 21.1. The lowest BCUT2D eigenvalue weighted by Gasteiger charge is -2.30. The van der Waals surface area contributed by atoms with Gasteiger partial charge < -0.3 is 9.32 Å². The lowest BCUT2D eigenvalue weighted by Crippen LogP contribution is -2.30. The molecule has 0 fully saturated rings. The van der Waals surface area contributed by atoms with Gasteiger partial charge >= 0.3 is 0 Å². The molecular weight excluding hydrogens is 757 g/mol. The maximum absolute atomic E-state index is 6.93. The average Bonchev–Trinajstić information content (AvgIpc) is 3.91. The molecule has 5 nitrogen and oxygen atoms in total. The number of fused-ring (bicyclic) bond motifs is 7. The van der Waals surface area contributed by atoms with Crippen molar-refractivity contribution in [1.29, 1.82) is 0 Å². The van der Waals surface area contributed by atoms with Gasteiger partial charge in [-0.05, 0) is 75.4 Å². The van der Waals surface area contributed by atoms with Crippen molar-refractivity contribution >= 4 is 28.4 Å². The molecule has 3 heterocycles. The second kappa shape index (κ2) is 14.8. The normalized spacial score (nSPS) is 15.0. The van der Waals surface area contributed by atoms with Crippen LogP contribution in [0.3, 0.4) is 0 Å². The largest absolute Gasteiger partial charge is 0.456 e. The summed E-state index contributed by atoms with van der Waals surface area (Å²) in [6.45, 7) is 0. The van der Waals surface area contributed by atoms with E-state index < -0.39 is 0 Å². The van der Waals surface area contributed by atoms with Crippen LogP contribution in [0.25, 0.3) is 84.6 Å². The molecule has 292 valence electrons. The van der Waals surface area contributed by atoms with Crippen LogP contribution in [0.5, 0.6) is 0 Å². The minimum Gasteiger partial charge on any atom is -0.456 e. The summed E-state index contributed by atoms with van der Waals surface area (Å²) in [5.41, 5.74) is 15.2. The maximum atomic E-state index is 6.93. The number of hydrogen-bond acceptors (Lipinski definition) is 5. The first kappa shape index (κ1) is 35.8. The molecule has 8 aromatic carbocycles. The summed E-state index contributed by atoms with van der Waals surface area (Å²) in [6, 6.07) is 72.4. The summed E-state index contributed by atoms with van der Waals surface area (Å²) in [5, 5.41) is 1.06. The van der Waals surface area contributed by atoms with Crippen LogP contribution in [0.15, 0.2) is 217 Å². The molecule has 12 rings (SSSR count). The van der Waals surface area contributed by atoms with Gasteiger partial charge in [0.2, 0.25) is 0 Å². The van der Waals surface area contributed by atoms with Gasteiger partial charge in [0, 0.05) is 39.4 Å². The molecule has 1 aliphatic heterocycles. The van der Waals surface area contributed by atoms with Crippen molar-refractivity contribution in [3.05, 3.63) is 229 Å². The third-order valence-corrected chi connectivity index (χ3v) is 12.3. The number of rotatable bonds is 7. The van der Waals surface area contributed by atoms with Gasteiger partial charge in [0.25, 0.3) is 0 Å². The molecule has 2 aromatic heterocycles. The molecule has 0 bridgehead atoms. The Morgan fingerprint density at radius 3 is 1.63 bits per heavy atom. The lowest BCUT2D eigenvalue weighted by atomic mass is 9.82. The summed E-state index contributed by atoms with van der Waals surface area (Å²) in [5.74, 6) is 2.69. The smallest absolute Gasteiger partial charge is 0.167 e. The monoisotopic (exact) mass is 794 g/mol. The number of aromatic nitrogens is 3. The van der Waals surface area contributed by atoms with Crippen molar-refractivity contribution in [2.75, 3.05) is 4.90 Å². The van der Waals surface area contributed by atoms with E-state index in [-0.39, 0.29) is 12.0 Å². The molecule has 2 atom stereocenters. The van der Waals surface area contributed by atoms with Crippen molar-refractivity contribution in [3.8, 4) is 67.5 Å². The molecule has 62 heavy (non-hydrogen) atoms. The minimum absolute atomic E-state index is 0.0600. The van der Waals surface area contributed by atoms with Crippen molar-refractivity contribution < 1.29 is 4.42 Å². The Morgan fingerprint density at radius 1 is 0.419 bits per heavy atom. The van der Waals surface area contributed by atoms with E-state index in [1.54, 1.807) is 0 Å². The zero-order valence-electron chi connectivity index (χ0n) is 33.6. The first-order valence-electron chi connectivity index (χ1n) is 21.1. The standard InChI is InChI=1S/C57H38N4O/c1-4-14-37(15-5-1)40-26-28-42(29-27-40)55-58-56(44-21-12-20-43(36-44)39-18-8-3-9-19-39)60-57(59-55)48-24-13-23-47-53-51(62-54(47)48)35-34-50-52(53)46-22-10-11-25-49(46)61(50)45-32-30-41(31-33-45)38-16-6-2-7-17-38/h1-36,50,52H. The van der Waals surface area contributed by atoms with Crippen molar-refractivity contribution in [3.63, 3.8) is 0 Å². The van der Waals surface area contributed by atoms with Crippen LogP contribution < -0.4 is 4.90 Å². The second-order valence-electron chi connectivity index (χ2n) is 15.9. The Labute approximate surface area is 360 Å². The first-order chi connectivity index (χ1) is 30.7. The van der Waals surface area contributed by atoms with Gasteiger partial charge in [-0.3, -0.25) is 0 Å². The van der Waals surface area contributed by atoms with E-state index in [2.05, 4.69) is 211 Å². The van der Waals surface area contributed by atoms with Gasteiger partial charge in [-0.25, -0.2) is 15.0 Å². The van der Waals surface area contributed by atoms with E-state index in [4.69, 9.17) is 19.4 Å². The fourth-order valence-electron chi connectivity index (χ4n) is 9.37. The van der Waals surface area contributed by atoms with Crippen LogP contribution in [0.1, 0.15) is 22.8 Å². The van der Waals surface area contributed by atoms with Crippen LogP contribution in [0, 0.1) is 0 Å². The molecule has 0 amide bonds. The number of para-hydroxylation sites is 2. The Balaban J connectivity index is 0.976. The number of nitrogens with zero attached hydrogens (tertiary/aromatic N) is 4. The van der Waals surface area contributed by atoms with Crippen molar-refractivity contribution in [2.45, 2.75) is 12.0 Å². The van der Waals surface area contributed by atoms with Crippen LogP contribution in [-0.4, -0.2) is 21.0 Å². The molecular formula is C57H38N4O. The number of furan rings is 1. The van der Waals surface area contributed by atoms with Gasteiger partial charge in [-0.2, -0.15) is 0 Å². The topological polar surface area (TPSA) is 55.1 Å². The van der Waals surface area contributed by atoms with Crippen LogP contribution in [-0.2, 0) is 0 Å². The second-order valence-corrected chi connectivity index (χ2v) is 15.9. The molecule has 0 saturated heterocycles. The molecule has 1 aliphatic carbocycles. The predicted molar refractivity (Wildman–Crippen MR) is 252 cm³/mol. The summed E-state index contributed by atoms with van der Waals surface area (Å²) in [4.78, 5) is 18.1.